The largest absolute Gasteiger partial charge is 0.416 e. The number of alkyl halides is 3. The molecule has 1 aromatic carbocycles. The zero-order valence-electron chi connectivity index (χ0n) is 8.64. The maximum atomic E-state index is 13.0. The van der Waals surface area contributed by atoms with Crippen LogP contribution in [0.25, 0.3) is 0 Å². The van der Waals surface area contributed by atoms with Gasteiger partial charge in [-0.2, -0.15) is 13.2 Å². The van der Waals surface area contributed by atoms with Crippen molar-refractivity contribution in [2.45, 2.75) is 25.1 Å². The van der Waals surface area contributed by atoms with E-state index < -0.39 is 23.5 Å². The number of benzene rings is 1. The third-order valence-electron chi connectivity index (χ3n) is 2.40. The third kappa shape index (κ3) is 2.95. The van der Waals surface area contributed by atoms with Crippen molar-refractivity contribution in [2.75, 3.05) is 0 Å². The highest BCUT2D eigenvalue weighted by atomic mass is 19.4. The van der Waals surface area contributed by atoms with Gasteiger partial charge >= 0.3 is 6.18 Å². The van der Waals surface area contributed by atoms with Crippen LogP contribution in [0.5, 0.6) is 0 Å². The second kappa shape index (κ2) is 4.01. The molecule has 1 fully saturated rings. The molecule has 1 aliphatic carbocycles. The van der Waals surface area contributed by atoms with Crippen LogP contribution in [0, 0.1) is 5.82 Å². The molecule has 2 rings (SSSR count). The first-order valence-electron chi connectivity index (χ1n) is 5.05. The van der Waals surface area contributed by atoms with E-state index in [9.17, 15) is 22.4 Å². The second-order valence-corrected chi connectivity index (χ2v) is 3.97. The SMILES string of the molecule is O=C(NC1CC1)c1cc(F)cc(C(F)(F)F)c1. The number of carbonyl (C=O) groups is 1. The van der Waals surface area contributed by atoms with Gasteiger partial charge < -0.3 is 5.32 Å². The number of carbonyl (C=O) groups excluding carboxylic acids is 1. The van der Waals surface area contributed by atoms with Crippen LogP contribution < -0.4 is 5.32 Å². The van der Waals surface area contributed by atoms with Gasteiger partial charge in [0.1, 0.15) is 5.82 Å². The van der Waals surface area contributed by atoms with Crippen molar-refractivity contribution in [1.82, 2.24) is 5.32 Å². The Hall–Kier alpha value is -1.59. The molecule has 0 aromatic heterocycles. The summed E-state index contributed by atoms with van der Waals surface area (Å²) in [6.07, 6.45) is -3.03. The lowest BCUT2D eigenvalue weighted by Gasteiger charge is -2.09. The third-order valence-corrected chi connectivity index (χ3v) is 2.40. The van der Waals surface area contributed by atoms with Gasteiger partial charge in [-0.3, -0.25) is 4.79 Å². The van der Waals surface area contributed by atoms with Gasteiger partial charge in [-0.05, 0) is 31.0 Å². The standard InChI is InChI=1S/C11H9F4NO/c12-8-4-6(10(17)16-9-1-2-9)3-7(5-8)11(13,14)15/h3-5,9H,1-2H2,(H,16,17). The predicted molar refractivity (Wildman–Crippen MR) is 51.9 cm³/mol. The first-order chi connectivity index (χ1) is 7.86. The lowest BCUT2D eigenvalue weighted by atomic mass is 10.1. The van der Waals surface area contributed by atoms with Crippen LogP contribution in [-0.2, 0) is 6.18 Å². The van der Waals surface area contributed by atoms with Gasteiger partial charge in [0.15, 0.2) is 0 Å². The quantitative estimate of drug-likeness (QED) is 0.800. The van der Waals surface area contributed by atoms with E-state index in [4.69, 9.17) is 0 Å². The van der Waals surface area contributed by atoms with Crippen molar-refractivity contribution in [3.8, 4) is 0 Å². The lowest BCUT2D eigenvalue weighted by molar-refractivity contribution is -0.137. The van der Waals surface area contributed by atoms with Crippen LogP contribution >= 0.6 is 0 Å². The van der Waals surface area contributed by atoms with E-state index in [2.05, 4.69) is 5.32 Å². The van der Waals surface area contributed by atoms with E-state index in [0.29, 0.717) is 12.1 Å². The zero-order valence-corrected chi connectivity index (χ0v) is 8.64. The molecule has 1 amide bonds. The Morgan fingerprint density at radius 1 is 1.24 bits per heavy atom. The fourth-order valence-electron chi connectivity index (χ4n) is 1.38. The minimum atomic E-state index is -4.66. The Morgan fingerprint density at radius 3 is 2.41 bits per heavy atom. The maximum absolute atomic E-state index is 13.0. The molecular formula is C11H9F4NO. The number of nitrogens with one attached hydrogen (secondary N) is 1. The molecule has 1 N–H and O–H groups in total. The average Bonchev–Trinajstić information content (AvgIpc) is 2.99. The molecule has 2 nitrogen and oxygen atoms in total. The Labute approximate surface area is 94.6 Å². The number of amides is 1. The average molecular weight is 247 g/mol. The Bertz CT molecular complexity index is 451. The highest BCUT2D eigenvalue weighted by Gasteiger charge is 2.32. The number of hydrogen-bond donors (Lipinski definition) is 1. The van der Waals surface area contributed by atoms with Crippen molar-refractivity contribution < 1.29 is 22.4 Å². The summed E-state index contributed by atoms with van der Waals surface area (Å²) in [6.45, 7) is 0. The fraction of sp³-hybridized carbons (Fsp3) is 0.364. The number of hydrogen-bond acceptors (Lipinski definition) is 1. The summed E-state index contributed by atoms with van der Waals surface area (Å²) in [4.78, 5) is 11.5. The molecule has 0 aliphatic heterocycles. The monoisotopic (exact) mass is 247 g/mol. The van der Waals surface area contributed by atoms with Gasteiger partial charge in [0.2, 0.25) is 0 Å². The number of halogens is 4. The summed E-state index contributed by atoms with van der Waals surface area (Å²) in [6, 6.07) is 1.84. The first kappa shape index (κ1) is 11.9. The Morgan fingerprint density at radius 2 is 1.88 bits per heavy atom. The fourth-order valence-corrected chi connectivity index (χ4v) is 1.38. The van der Waals surface area contributed by atoms with Gasteiger partial charge in [-0.25, -0.2) is 4.39 Å². The van der Waals surface area contributed by atoms with Gasteiger partial charge in [-0.1, -0.05) is 0 Å². The van der Waals surface area contributed by atoms with E-state index in [-0.39, 0.29) is 11.6 Å². The molecule has 0 heterocycles. The van der Waals surface area contributed by atoms with Crippen molar-refractivity contribution in [2.24, 2.45) is 0 Å². The van der Waals surface area contributed by atoms with Crippen molar-refractivity contribution in [3.63, 3.8) is 0 Å². The lowest BCUT2D eigenvalue weighted by Crippen LogP contribution is -2.25. The highest BCUT2D eigenvalue weighted by Crippen LogP contribution is 2.30. The molecule has 6 heteroatoms. The summed E-state index contributed by atoms with van der Waals surface area (Å²) in [7, 11) is 0. The molecule has 0 atom stereocenters. The maximum Gasteiger partial charge on any atom is 0.416 e. The first-order valence-corrected chi connectivity index (χ1v) is 5.05. The molecule has 0 spiro atoms. The summed E-state index contributed by atoms with van der Waals surface area (Å²) in [5, 5.41) is 2.50. The van der Waals surface area contributed by atoms with E-state index in [0.717, 1.165) is 18.9 Å². The Balaban J connectivity index is 2.27. The smallest absolute Gasteiger partial charge is 0.349 e. The summed E-state index contributed by atoms with van der Waals surface area (Å²) in [5.74, 6) is -1.74. The topological polar surface area (TPSA) is 29.1 Å². The molecule has 0 saturated heterocycles. The van der Waals surface area contributed by atoms with Crippen LogP contribution in [0.1, 0.15) is 28.8 Å². The van der Waals surface area contributed by atoms with E-state index in [1.54, 1.807) is 0 Å². The van der Waals surface area contributed by atoms with E-state index >= 15 is 0 Å². The minimum absolute atomic E-state index is 0.0140. The molecule has 92 valence electrons. The molecule has 1 saturated carbocycles. The van der Waals surface area contributed by atoms with Crippen molar-refractivity contribution in [3.05, 3.63) is 35.1 Å². The molecule has 0 bridgehead atoms. The summed E-state index contributed by atoms with van der Waals surface area (Å²) >= 11 is 0. The normalized spacial score (nSPS) is 15.8. The zero-order chi connectivity index (χ0) is 12.6. The summed E-state index contributed by atoms with van der Waals surface area (Å²) in [5.41, 5.74) is -1.46. The summed E-state index contributed by atoms with van der Waals surface area (Å²) < 4.78 is 50.2. The molecule has 0 unspecified atom stereocenters. The number of rotatable bonds is 2. The van der Waals surface area contributed by atoms with E-state index in [1.165, 1.54) is 0 Å². The van der Waals surface area contributed by atoms with Gasteiger partial charge in [0.05, 0.1) is 5.56 Å². The Kier molecular flexibility index (Phi) is 2.81. The molecule has 1 aromatic rings. The molecular weight excluding hydrogens is 238 g/mol. The molecule has 17 heavy (non-hydrogen) atoms. The van der Waals surface area contributed by atoms with Crippen LogP contribution in [0.2, 0.25) is 0 Å². The molecule has 0 radical (unpaired) electrons. The van der Waals surface area contributed by atoms with Gasteiger partial charge in [0, 0.05) is 11.6 Å². The second-order valence-electron chi connectivity index (χ2n) is 3.97. The van der Waals surface area contributed by atoms with Gasteiger partial charge in [-0.15, -0.1) is 0 Å². The van der Waals surface area contributed by atoms with Gasteiger partial charge in [0.25, 0.3) is 5.91 Å². The predicted octanol–water partition coefficient (Wildman–Crippen LogP) is 2.74. The van der Waals surface area contributed by atoms with Crippen molar-refractivity contribution >= 4 is 5.91 Å². The minimum Gasteiger partial charge on any atom is -0.349 e. The van der Waals surface area contributed by atoms with Crippen LogP contribution in [0.15, 0.2) is 18.2 Å². The van der Waals surface area contributed by atoms with Crippen LogP contribution in [0.4, 0.5) is 17.6 Å². The van der Waals surface area contributed by atoms with Crippen LogP contribution in [0.3, 0.4) is 0 Å². The van der Waals surface area contributed by atoms with Crippen molar-refractivity contribution in [1.29, 1.82) is 0 Å². The molecule has 1 aliphatic rings. The van der Waals surface area contributed by atoms with E-state index in [1.807, 2.05) is 0 Å². The highest BCUT2D eigenvalue weighted by molar-refractivity contribution is 5.94. The van der Waals surface area contributed by atoms with Crippen LogP contribution in [-0.4, -0.2) is 11.9 Å².